The zero-order valence-electron chi connectivity index (χ0n) is 12.1. The van der Waals surface area contributed by atoms with Crippen molar-refractivity contribution >= 4 is 5.91 Å². The van der Waals surface area contributed by atoms with Gasteiger partial charge in [-0.2, -0.15) is 0 Å². The molecule has 0 saturated carbocycles. The Hall–Kier alpha value is -0.610. The van der Waals surface area contributed by atoms with Gasteiger partial charge in [0.25, 0.3) is 0 Å². The molecule has 1 fully saturated rings. The van der Waals surface area contributed by atoms with Gasteiger partial charge in [0.15, 0.2) is 0 Å². The summed E-state index contributed by atoms with van der Waals surface area (Å²) in [5.74, 6) is 0.511. The van der Waals surface area contributed by atoms with Crippen molar-refractivity contribution in [1.82, 2.24) is 4.90 Å². The summed E-state index contributed by atoms with van der Waals surface area (Å²) < 4.78 is 0. The van der Waals surface area contributed by atoms with Gasteiger partial charge in [0.05, 0.1) is 0 Å². The molecule has 0 aromatic rings. The number of primary amides is 1. The van der Waals surface area contributed by atoms with E-state index >= 15 is 0 Å². The van der Waals surface area contributed by atoms with Gasteiger partial charge >= 0.3 is 0 Å². The van der Waals surface area contributed by atoms with Crippen LogP contribution in [-0.2, 0) is 4.79 Å². The van der Waals surface area contributed by atoms with Crippen LogP contribution in [0.2, 0.25) is 0 Å². The van der Waals surface area contributed by atoms with Crippen LogP contribution >= 0.6 is 0 Å². The van der Waals surface area contributed by atoms with Crippen LogP contribution in [0, 0.1) is 11.3 Å². The van der Waals surface area contributed by atoms with E-state index < -0.39 is 0 Å². The minimum atomic E-state index is -0.248. The predicted molar refractivity (Wildman–Crippen MR) is 75.0 cm³/mol. The molecule has 1 saturated heterocycles. The zero-order chi connectivity index (χ0) is 13.8. The van der Waals surface area contributed by atoms with Gasteiger partial charge in [0.1, 0.15) is 0 Å². The number of nitrogens with two attached hydrogens (primary N) is 2. The molecule has 0 aromatic carbocycles. The Balaban J connectivity index is 2.57. The van der Waals surface area contributed by atoms with Gasteiger partial charge in [0, 0.05) is 19.0 Å². The van der Waals surface area contributed by atoms with E-state index in [2.05, 4.69) is 25.7 Å². The molecule has 18 heavy (non-hydrogen) atoms. The lowest BCUT2D eigenvalue weighted by molar-refractivity contribution is -0.119. The first-order valence-corrected chi connectivity index (χ1v) is 7.07. The first kappa shape index (κ1) is 15.4. The van der Waals surface area contributed by atoms with Gasteiger partial charge in [-0.3, -0.25) is 9.69 Å². The highest BCUT2D eigenvalue weighted by Gasteiger charge is 2.29. The molecular weight excluding hydrogens is 226 g/mol. The van der Waals surface area contributed by atoms with E-state index in [9.17, 15) is 4.79 Å². The van der Waals surface area contributed by atoms with Gasteiger partial charge in [0.2, 0.25) is 5.91 Å². The molecule has 2 unspecified atom stereocenters. The molecule has 0 aromatic heterocycles. The molecule has 106 valence electrons. The van der Waals surface area contributed by atoms with E-state index in [0.29, 0.717) is 18.4 Å². The molecule has 1 aliphatic rings. The lowest BCUT2D eigenvalue weighted by Crippen LogP contribution is -2.43. The topological polar surface area (TPSA) is 72.3 Å². The minimum Gasteiger partial charge on any atom is -0.370 e. The van der Waals surface area contributed by atoms with E-state index in [4.69, 9.17) is 11.5 Å². The molecule has 1 aliphatic heterocycles. The maximum absolute atomic E-state index is 11.1. The molecule has 1 heterocycles. The normalized spacial score (nSPS) is 24.6. The summed E-state index contributed by atoms with van der Waals surface area (Å²) in [4.78, 5) is 13.4. The Morgan fingerprint density at radius 3 is 2.50 bits per heavy atom. The van der Waals surface area contributed by atoms with Crippen LogP contribution in [-0.4, -0.2) is 36.5 Å². The van der Waals surface area contributed by atoms with Gasteiger partial charge in [-0.1, -0.05) is 20.8 Å². The van der Waals surface area contributed by atoms with Gasteiger partial charge < -0.3 is 11.5 Å². The predicted octanol–water partition coefficient (Wildman–Crippen LogP) is 1.34. The summed E-state index contributed by atoms with van der Waals surface area (Å²) in [6.45, 7) is 9.55. The minimum absolute atomic E-state index is 0.126. The third-order valence-corrected chi connectivity index (χ3v) is 4.21. The molecule has 0 spiro atoms. The zero-order valence-corrected chi connectivity index (χ0v) is 12.1. The highest BCUT2D eigenvalue weighted by Crippen LogP contribution is 2.34. The molecule has 4 N–H and O–H groups in total. The number of carbonyl (C=O) groups is 1. The van der Waals surface area contributed by atoms with Gasteiger partial charge in [-0.05, 0) is 43.7 Å². The number of carbonyl (C=O) groups excluding carboxylic acids is 1. The van der Waals surface area contributed by atoms with Crippen LogP contribution in [0.1, 0.15) is 46.5 Å². The van der Waals surface area contributed by atoms with E-state index in [1.165, 1.54) is 19.3 Å². The summed E-state index contributed by atoms with van der Waals surface area (Å²) in [6, 6.07) is 0.126. The van der Waals surface area contributed by atoms with Crippen molar-refractivity contribution in [3.05, 3.63) is 0 Å². The number of hydrogen-bond donors (Lipinski definition) is 2. The fourth-order valence-electron chi connectivity index (χ4n) is 2.94. The van der Waals surface area contributed by atoms with Crippen molar-refractivity contribution in [3.8, 4) is 0 Å². The highest BCUT2D eigenvalue weighted by atomic mass is 16.1. The summed E-state index contributed by atoms with van der Waals surface area (Å²) in [5.41, 5.74) is 11.4. The fraction of sp³-hybridized carbons (Fsp3) is 0.929. The van der Waals surface area contributed by atoms with Crippen molar-refractivity contribution < 1.29 is 4.79 Å². The SMILES string of the molecule is CC(C)(C)C1CCCN(C(CN)CC(N)=O)CC1. The number of hydrogen-bond acceptors (Lipinski definition) is 3. The molecule has 1 amide bonds. The monoisotopic (exact) mass is 255 g/mol. The lowest BCUT2D eigenvalue weighted by Gasteiger charge is -2.31. The van der Waals surface area contributed by atoms with Gasteiger partial charge in [-0.25, -0.2) is 0 Å². The summed E-state index contributed by atoms with van der Waals surface area (Å²) in [7, 11) is 0. The Bertz CT molecular complexity index is 273. The van der Waals surface area contributed by atoms with Crippen molar-refractivity contribution in [3.63, 3.8) is 0 Å². The van der Waals surface area contributed by atoms with Crippen molar-refractivity contribution in [1.29, 1.82) is 0 Å². The Morgan fingerprint density at radius 2 is 2.00 bits per heavy atom. The van der Waals surface area contributed by atoms with Crippen LogP contribution in [0.25, 0.3) is 0 Å². The molecule has 0 aliphatic carbocycles. The molecule has 0 radical (unpaired) electrons. The first-order valence-electron chi connectivity index (χ1n) is 7.07. The lowest BCUT2D eigenvalue weighted by atomic mass is 9.77. The third-order valence-electron chi connectivity index (χ3n) is 4.21. The second-order valence-electron chi connectivity index (χ2n) is 6.59. The molecular formula is C14H29N3O. The number of nitrogens with zero attached hydrogens (tertiary/aromatic N) is 1. The van der Waals surface area contributed by atoms with E-state index in [1.807, 2.05) is 0 Å². The Morgan fingerprint density at radius 1 is 1.33 bits per heavy atom. The smallest absolute Gasteiger partial charge is 0.219 e. The molecule has 0 bridgehead atoms. The van der Waals surface area contributed by atoms with Crippen molar-refractivity contribution in [2.24, 2.45) is 22.8 Å². The number of likely N-dealkylation sites (tertiary alicyclic amines) is 1. The van der Waals surface area contributed by atoms with Gasteiger partial charge in [-0.15, -0.1) is 0 Å². The molecule has 4 nitrogen and oxygen atoms in total. The number of amides is 1. The van der Waals surface area contributed by atoms with Crippen LogP contribution < -0.4 is 11.5 Å². The Kier molecular flexibility index (Phi) is 5.60. The largest absolute Gasteiger partial charge is 0.370 e. The van der Waals surface area contributed by atoms with E-state index in [-0.39, 0.29) is 11.9 Å². The van der Waals surface area contributed by atoms with Crippen LogP contribution in [0.15, 0.2) is 0 Å². The third kappa shape index (κ3) is 4.58. The molecule has 4 heteroatoms. The molecule has 1 rings (SSSR count). The van der Waals surface area contributed by atoms with Crippen LogP contribution in [0.4, 0.5) is 0 Å². The fourth-order valence-corrected chi connectivity index (χ4v) is 2.94. The standard InChI is InChI=1S/C14H29N3O/c1-14(2,3)11-5-4-7-17(8-6-11)12(10-15)9-13(16)18/h11-12H,4-10,15H2,1-3H3,(H2,16,18). The van der Waals surface area contributed by atoms with Crippen molar-refractivity contribution in [2.45, 2.75) is 52.5 Å². The second-order valence-corrected chi connectivity index (χ2v) is 6.59. The number of rotatable bonds is 4. The van der Waals surface area contributed by atoms with E-state index in [0.717, 1.165) is 19.0 Å². The highest BCUT2D eigenvalue weighted by molar-refractivity contribution is 5.74. The first-order chi connectivity index (χ1) is 8.34. The summed E-state index contributed by atoms with van der Waals surface area (Å²) in [6.07, 6.45) is 4.04. The maximum Gasteiger partial charge on any atom is 0.219 e. The quantitative estimate of drug-likeness (QED) is 0.796. The summed E-state index contributed by atoms with van der Waals surface area (Å²) >= 11 is 0. The average molecular weight is 255 g/mol. The molecule has 2 atom stereocenters. The average Bonchev–Trinajstić information content (AvgIpc) is 2.50. The van der Waals surface area contributed by atoms with Crippen LogP contribution in [0.5, 0.6) is 0 Å². The second kappa shape index (κ2) is 6.53. The maximum atomic E-state index is 11.1. The van der Waals surface area contributed by atoms with Crippen LogP contribution in [0.3, 0.4) is 0 Å². The van der Waals surface area contributed by atoms with E-state index in [1.54, 1.807) is 0 Å². The Labute approximate surface area is 111 Å². The van der Waals surface area contributed by atoms with Crippen molar-refractivity contribution in [2.75, 3.05) is 19.6 Å². The summed E-state index contributed by atoms with van der Waals surface area (Å²) in [5, 5.41) is 0.